The quantitative estimate of drug-likeness (QED) is 0.844. The third kappa shape index (κ3) is 4.38. The van der Waals surface area contributed by atoms with Crippen LogP contribution in [-0.2, 0) is 16.0 Å². The topological polar surface area (TPSA) is 92.1 Å². The number of ether oxygens (including phenoxy) is 1. The van der Waals surface area contributed by atoms with Gasteiger partial charge in [-0.25, -0.2) is 4.79 Å². The summed E-state index contributed by atoms with van der Waals surface area (Å²) in [5.41, 5.74) is 1.76. The highest BCUT2D eigenvalue weighted by Gasteiger charge is 2.22. The van der Waals surface area contributed by atoms with Crippen molar-refractivity contribution in [2.75, 3.05) is 7.11 Å². The van der Waals surface area contributed by atoms with Gasteiger partial charge in [0.1, 0.15) is 6.04 Å². The first kappa shape index (κ1) is 16.2. The maximum Gasteiger partial charge on any atom is 0.328 e. The van der Waals surface area contributed by atoms with Gasteiger partial charge in [0.05, 0.1) is 18.7 Å². The van der Waals surface area contributed by atoms with Gasteiger partial charge in [-0.15, -0.1) is 0 Å². The number of carbonyl (C=O) groups is 2. The molecule has 0 aliphatic heterocycles. The average molecular weight is 309 g/mol. The second kappa shape index (κ2) is 7.71. The van der Waals surface area contributed by atoms with Gasteiger partial charge in [-0.2, -0.15) is 5.26 Å². The summed E-state index contributed by atoms with van der Waals surface area (Å²) in [6.45, 7) is 0. The van der Waals surface area contributed by atoms with Crippen LogP contribution in [0, 0.1) is 11.3 Å². The molecule has 1 atom stereocenters. The van der Waals surface area contributed by atoms with Crippen molar-refractivity contribution in [2.24, 2.45) is 0 Å². The number of nitriles is 1. The number of pyridine rings is 1. The highest BCUT2D eigenvalue weighted by molar-refractivity contribution is 5.96. The molecule has 0 saturated carbocycles. The van der Waals surface area contributed by atoms with Crippen LogP contribution in [0.15, 0.2) is 48.8 Å². The fraction of sp³-hybridized carbons (Fsp3) is 0.176. The summed E-state index contributed by atoms with van der Waals surface area (Å²) in [4.78, 5) is 27.9. The van der Waals surface area contributed by atoms with E-state index in [0.717, 1.165) is 5.56 Å². The molecule has 0 aliphatic carbocycles. The Balaban J connectivity index is 2.12. The normalized spacial score (nSPS) is 11.1. The summed E-state index contributed by atoms with van der Waals surface area (Å²) in [5, 5.41) is 11.5. The van der Waals surface area contributed by atoms with Crippen LogP contribution in [0.1, 0.15) is 21.5 Å². The maximum atomic E-state index is 12.2. The largest absolute Gasteiger partial charge is 0.467 e. The molecule has 1 aromatic carbocycles. The van der Waals surface area contributed by atoms with Crippen LogP contribution >= 0.6 is 0 Å². The summed E-state index contributed by atoms with van der Waals surface area (Å²) in [6, 6.07) is 11.1. The number of amides is 1. The van der Waals surface area contributed by atoms with Crippen LogP contribution in [0.25, 0.3) is 0 Å². The number of benzene rings is 1. The number of hydrogen-bond acceptors (Lipinski definition) is 5. The van der Waals surface area contributed by atoms with Gasteiger partial charge in [0.2, 0.25) is 0 Å². The van der Waals surface area contributed by atoms with Crippen molar-refractivity contribution in [1.29, 1.82) is 5.26 Å². The minimum Gasteiger partial charge on any atom is -0.467 e. The van der Waals surface area contributed by atoms with Crippen LogP contribution in [0.5, 0.6) is 0 Å². The predicted octanol–water partition coefficient (Wildman–Crippen LogP) is 1.47. The van der Waals surface area contributed by atoms with E-state index in [0.29, 0.717) is 11.1 Å². The number of carbonyl (C=O) groups excluding carboxylic acids is 2. The predicted molar refractivity (Wildman–Crippen MR) is 82.4 cm³/mol. The first-order valence-electron chi connectivity index (χ1n) is 6.92. The molecule has 0 radical (unpaired) electrons. The molecule has 0 spiro atoms. The van der Waals surface area contributed by atoms with Crippen molar-refractivity contribution < 1.29 is 14.3 Å². The Bertz CT molecular complexity index is 721. The fourth-order valence-electron chi connectivity index (χ4n) is 2.03. The summed E-state index contributed by atoms with van der Waals surface area (Å²) in [7, 11) is 1.27. The van der Waals surface area contributed by atoms with Crippen molar-refractivity contribution >= 4 is 11.9 Å². The van der Waals surface area contributed by atoms with Crippen molar-refractivity contribution in [1.82, 2.24) is 10.3 Å². The number of rotatable bonds is 5. The Morgan fingerprint density at radius 1 is 1.22 bits per heavy atom. The molecule has 1 aromatic heterocycles. The molecule has 23 heavy (non-hydrogen) atoms. The minimum atomic E-state index is -0.811. The molecular formula is C17H15N3O3. The molecule has 2 rings (SSSR count). The zero-order chi connectivity index (χ0) is 16.7. The zero-order valence-corrected chi connectivity index (χ0v) is 12.5. The third-order valence-corrected chi connectivity index (χ3v) is 3.26. The van der Waals surface area contributed by atoms with E-state index < -0.39 is 12.0 Å². The zero-order valence-electron chi connectivity index (χ0n) is 12.5. The molecule has 0 aliphatic rings. The Kier molecular flexibility index (Phi) is 5.42. The molecule has 0 saturated heterocycles. The Morgan fingerprint density at radius 2 is 1.87 bits per heavy atom. The van der Waals surface area contributed by atoms with E-state index in [2.05, 4.69) is 10.3 Å². The molecule has 1 amide bonds. The second-order valence-corrected chi connectivity index (χ2v) is 4.80. The summed E-state index contributed by atoms with van der Waals surface area (Å²) in [5.74, 6) is -0.909. The molecule has 0 bridgehead atoms. The molecule has 6 nitrogen and oxygen atoms in total. The van der Waals surface area contributed by atoms with E-state index in [4.69, 9.17) is 10.00 Å². The van der Waals surface area contributed by atoms with Crippen LogP contribution < -0.4 is 5.32 Å². The number of esters is 1. The molecule has 116 valence electrons. The van der Waals surface area contributed by atoms with Gasteiger partial charge in [0.25, 0.3) is 5.91 Å². The highest BCUT2D eigenvalue weighted by Crippen LogP contribution is 2.08. The minimum absolute atomic E-state index is 0.273. The van der Waals surface area contributed by atoms with Gasteiger partial charge in [0, 0.05) is 24.4 Å². The van der Waals surface area contributed by atoms with Crippen LogP contribution in [0.3, 0.4) is 0 Å². The maximum absolute atomic E-state index is 12.2. The smallest absolute Gasteiger partial charge is 0.328 e. The Labute approximate surface area is 133 Å². The van der Waals surface area contributed by atoms with Crippen molar-refractivity contribution in [3.8, 4) is 6.07 Å². The molecule has 2 aromatic rings. The van der Waals surface area contributed by atoms with Gasteiger partial charge in [-0.3, -0.25) is 9.78 Å². The molecular weight excluding hydrogens is 294 g/mol. The molecule has 1 N–H and O–H groups in total. The number of hydrogen-bond donors (Lipinski definition) is 1. The Morgan fingerprint density at radius 3 is 2.43 bits per heavy atom. The van der Waals surface area contributed by atoms with E-state index in [1.165, 1.54) is 19.5 Å². The number of methoxy groups -OCH3 is 1. The third-order valence-electron chi connectivity index (χ3n) is 3.26. The molecule has 0 fully saturated rings. The number of nitrogens with zero attached hydrogens (tertiary/aromatic N) is 2. The van der Waals surface area contributed by atoms with E-state index in [1.807, 2.05) is 6.07 Å². The van der Waals surface area contributed by atoms with Crippen molar-refractivity contribution in [3.05, 3.63) is 65.5 Å². The van der Waals surface area contributed by atoms with Crippen LogP contribution in [0.4, 0.5) is 0 Å². The van der Waals surface area contributed by atoms with Gasteiger partial charge >= 0.3 is 5.97 Å². The lowest BCUT2D eigenvalue weighted by atomic mass is 10.0. The summed E-state index contributed by atoms with van der Waals surface area (Å²) >= 11 is 0. The first-order valence-corrected chi connectivity index (χ1v) is 6.92. The van der Waals surface area contributed by atoms with Gasteiger partial charge in [-0.05, 0) is 29.8 Å². The number of aromatic nitrogens is 1. The lowest BCUT2D eigenvalue weighted by Crippen LogP contribution is -2.43. The van der Waals surface area contributed by atoms with Gasteiger partial charge in [0.15, 0.2) is 0 Å². The summed E-state index contributed by atoms with van der Waals surface area (Å²) in [6.07, 6.45) is 3.28. The van der Waals surface area contributed by atoms with E-state index in [-0.39, 0.29) is 12.3 Å². The van der Waals surface area contributed by atoms with Crippen molar-refractivity contribution in [3.63, 3.8) is 0 Å². The van der Waals surface area contributed by atoms with E-state index in [9.17, 15) is 9.59 Å². The summed E-state index contributed by atoms with van der Waals surface area (Å²) < 4.78 is 4.75. The molecule has 1 heterocycles. The monoisotopic (exact) mass is 309 g/mol. The fourth-order valence-corrected chi connectivity index (χ4v) is 2.03. The standard InChI is InChI=1S/C17H15N3O3/c1-23-17(22)15(10-12-2-4-13(11-18)5-3-12)20-16(21)14-6-8-19-9-7-14/h2-9,15H,10H2,1H3,(H,20,21)/t15-/m0/s1. The van der Waals surface area contributed by atoms with Crippen LogP contribution in [0.2, 0.25) is 0 Å². The van der Waals surface area contributed by atoms with Crippen LogP contribution in [-0.4, -0.2) is 30.0 Å². The highest BCUT2D eigenvalue weighted by atomic mass is 16.5. The van der Waals surface area contributed by atoms with E-state index >= 15 is 0 Å². The van der Waals surface area contributed by atoms with E-state index in [1.54, 1.807) is 36.4 Å². The lowest BCUT2D eigenvalue weighted by molar-refractivity contribution is -0.142. The Hall–Kier alpha value is -3.20. The van der Waals surface area contributed by atoms with Crippen molar-refractivity contribution in [2.45, 2.75) is 12.5 Å². The average Bonchev–Trinajstić information content (AvgIpc) is 2.61. The van der Waals surface area contributed by atoms with Gasteiger partial charge < -0.3 is 10.1 Å². The molecule has 0 unspecified atom stereocenters. The SMILES string of the molecule is COC(=O)[C@H](Cc1ccc(C#N)cc1)NC(=O)c1ccncc1. The lowest BCUT2D eigenvalue weighted by Gasteiger charge is -2.16. The van der Waals surface area contributed by atoms with Gasteiger partial charge in [-0.1, -0.05) is 12.1 Å². The first-order chi connectivity index (χ1) is 11.1. The molecule has 6 heteroatoms. The second-order valence-electron chi connectivity index (χ2n) is 4.80. The number of nitrogens with one attached hydrogen (secondary N) is 1.